The van der Waals surface area contributed by atoms with E-state index < -0.39 is 0 Å². The largest absolute Gasteiger partial charge is 0.383 e. The van der Waals surface area contributed by atoms with Crippen LogP contribution in [0.4, 0.5) is 11.8 Å². The summed E-state index contributed by atoms with van der Waals surface area (Å²) in [5.41, 5.74) is 11.8. The monoisotopic (exact) mass is 275 g/mol. The van der Waals surface area contributed by atoms with Gasteiger partial charge in [-0.3, -0.25) is 2.78 Å². The van der Waals surface area contributed by atoms with Crippen molar-refractivity contribution in [3.05, 3.63) is 12.3 Å². The van der Waals surface area contributed by atoms with Crippen molar-refractivity contribution in [3.63, 3.8) is 0 Å². The van der Waals surface area contributed by atoms with Crippen LogP contribution < -0.4 is 11.5 Å². The molecule has 62 valence electrons. The smallest absolute Gasteiger partial charge is 0.224 e. The van der Waals surface area contributed by atoms with Gasteiger partial charge in [-0.2, -0.15) is 9.97 Å². The zero-order valence-corrected chi connectivity index (χ0v) is 8.19. The highest BCUT2D eigenvalue weighted by Crippen LogP contribution is 2.20. The molecule has 0 saturated carbocycles. The standard InChI is InChI=1S/C6H6IN5/c7-12-2-1-3-4(8)10-6(9)11-5(3)12/h1-2H,(H4,8,9,10,11). The van der Waals surface area contributed by atoms with E-state index in [2.05, 4.69) is 32.8 Å². The van der Waals surface area contributed by atoms with E-state index in [1.54, 1.807) is 0 Å². The number of aromatic nitrogens is 3. The fourth-order valence-electron chi connectivity index (χ4n) is 1.03. The van der Waals surface area contributed by atoms with Gasteiger partial charge in [-0.15, -0.1) is 0 Å². The Morgan fingerprint density at radius 1 is 1.33 bits per heavy atom. The highest BCUT2D eigenvalue weighted by atomic mass is 127. The maximum atomic E-state index is 5.62. The summed E-state index contributed by atoms with van der Waals surface area (Å²) in [4.78, 5) is 7.88. The third-order valence-electron chi connectivity index (χ3n) is 1.55. The van der Waals surface area contributed by atoms with Crippen molar-refractivity contribution in [2.45, 2.75) is 0 Å². The molecule has 0 amide bonds. The molecule has 5 nitrogen and oxygen atoms in total. The van der Waals surface area contributed by atoms with Gasteiger partial charge in [0.15, 0.2) is 5.65 Å². The van der Waals surface area contributed by atoms with E-state index in [-0.39, 0.29) is 5.95 Å². The van der Waals surface area contributed by atoms with Gasteiger partial charge in [-0.25, -0.2) is 0 Å². The van der Waals surface area contributed by atoms with Crippen LogP contribution in [0.3, 0.4) is 0 Å². The molecule has 0 saturated heterocycles. The van der Waals surface area contributed by atoms with Crippen LogP contribution in [0.2, 0.25) is 0 Å². The average molecular weight is 275 g/mol. The number of fused-ring (bicyclic) bond motifs is 1. The summed E-state index contributed by atoms with van der Waals surface area (Å²) >= 11 is 2.10. The van der Waals surface area contributed by atoms with E-state index in [0.717, 1.165) is 11.0 Å². The zero-order valence-electron chi connectivity index (χ0n) is 6.03. The van der Waals surface area contributed by atoms with E-state index in [1.807, 2.05) is 15.0 Å². The van der Waals surface area contributed by atoms with Gasteiger partial charge in [0, 0.05) is 6.20 Å². The summed E-state index contributed by atoms with van der Waals surface area (Å²) in [5.74, 6) is 0.629. The normalized spacial score (nSPS) is 10.8. The van der Waals surface area contributed by atoms with E-state index in [1.165, 1.54) is 0 Å². The molecule has 2 rings (SSSR count). The van der Waals surface area contributed by atoms with Crippen LogP contribution in [0.25, 0.3) is 11.0 Å². The number of anilines is 2. The Kier molecular flexibility index (Phi) is 1.56. The second kappa shape index (κ2) is 2.47. The van der Waals surface area contributed by atoms with Crippen molar-refractivity contribution in [2.24, 2.45) is 0 Å². The van der Waals surface area contributed by atoms with E-state index in [4.69, 9.17) is 11.5 Å². The number of halogens is 1. The minimum Gasteiger partial charge on any atom is -0.383 e. The topological polar surface area (TPSA) is 82.7 Å². The molecular weight excluding hydrogens is 269 g/mol. The van der Waals surface area contributed by atoms with E-state index >= 15 is 0 Å². The number of hydrogen-bond donors (Lipinski definition) is 2. The molecule has 12 heavy (non-hydrogen) atoms. The maximum absolute atomic E-state index is 5.62. The van der Waals surface area contributed by atoms with Gasteiger partial charge in [0.2, 0.25) is 5.95 Å². The first-order valence-corrected chi connectivity index (χ1v) is 4.21. The predicted molar refractivity (Wildman–Crippen MR) is 55.8 cm³/mol. The molecule has 0 aliphatic rings. The quantitative estimate of drug-likeness (QED) is 0.696. The molecule has 0 atom stereocenters. The SMILES string of the molecule is Nc1nc(N)c2ccn(I)c2n1. The Balaban J connectivity index is 2.92. The van der Waals surface area contributed by atoms with Crippen molar-refractivity contribution in [1.82, 2.24) is 12.7 Å². The summed E-state index contributed by atoms with van der Waals surface area (Å²) < 4.78 is 1.82. The number of nitrogens with two attached hydrogens (primary N) is 2. The predicted octanol–water partition coefficient (Wildman–Crippen LogP) is 0.794. The fourth-order valence-corrected chi connectivity index (χ4v) is 1.55. The molecule has 4 N–H and O–H groups in total. The van der Waals surface area contributed by atoms with Crippen molar-refractivity contribution < 1.29 is 0 Å². The van der Waals surface area contributed by atoms with Crippen molar-refractivity contribution >= 4 is 45.7 Å². The van der Waals surface area contributed by atoms with E-state index in [9.17, 15) is 0 Å². The minimum absolute atomic E-state index is 0.205. The lowest BCUT2D eigenvalue weighted by atomic mass is 10.4. The Bertz CT molecular complexity index is 435. The molecule has 0 aliphatic heterocycles. The Morgan fingerprint density at radius 2 is 2.08 bits per heavy atom. The molecule has 0 unspecified atom stereocenters. The average Bonchev–Trinajstić information content (AvgIpc) is 2.33. The number of hydrogen-bond acceptors (Lipinski definition) is 4. The molecule has 0 radical (unpaired) electrons. The van der Waals surface area contributed by atoms with Crippen LogP contribution >= 0.6 is 22.9 Å². The van der Waals surface area contributed by atoms with Crippen LogP contribution in [0, 0.1) is 0 Å². The molecule has 6 heteroatoms. The van der Waals surface area contributed by atoms with Gasteiger partial charge in [-0.05, 0) is 6.07 Å². The summed E-state index contributed by atoms with van der Waals surface area (Å²) in [6.45, 7) is 0. The number of rotatable bonds is 0. The highest BCUT2D eigenvalue weighted by molar-refractivity contribution is 14.1. The first-order chi connectivity index (χ1) is 5.68. The van der Waals surface area contributed by atoms with Crippen molar-refractivity contribution in [1.29, 1.82) is 0 Å². The zero-order chi connectivity index (χ0) is 8.72. The Morgan fingerprint density at radius 3 is 2.83 bits per heavy atom. The first-order valence-electron chi connectivity index (χ1n) is 3.24. The van der Waals surface area contributed by atoms with Gasteiger partial charge in [0.05, 0.1) is 28.3 Å². The second-order valence-electron chi connectivity index (χ2n) is 2.33. The van der Waals surface area contributed by atoms with Gasteiger partial charge >= 0.3 is 0 Å². The van der Waals surface area contributed by atoms with Crippen LogP contribution in [0.1, 0.15) is 0 Å². The molecule has 2 aromatic heterocycles. The molecule has 0 bridgehead atoms. The maximum Gasteiger partial charge on any atom is 0.224 e. The molecule has 0 aromatic carbocycles. The Labute approximate surface area is 82.3 Å². The molecule has 0 spiro atoms. The van der Waals surface area contributed by atoms with E-state index in [0.29, 0.717) is 5.82 Å². The van der Waals surface area contributed by atoms with Crippen molar-refractivity contribution in [3.8, 4) is 0 Å². The van der Waals surface area contributed by atoms with Crippen LogP contribution in [0.5, 0.6) is 0 Å². The summed E-state index contributed by atoms with van der Waals surface area (Å²) in [6.07, 6.45) is 1.86. The van der Waals surface area contributed by atoms with Gasteiger partial charge in [0.1, 0.15) is 5.82 Å². The van der Waals surface area contributed by atoms with Crippen LogP contribution in [0.15, 0.2) is 12.3 Å². The van der Waals surface area contributed by atoms with Gasteiger partial charge < -0.3 is 11.5 Å². The third-order valence-corrected chi connectivity index (χ3v) is 2.33. The fraction of sp³-hybridized carbons (Fsp3) is 0. The molecule has 2 aromatic rings. The van der Waals surface area contributed by atoms with Crippen LogP contribution in [-0.4, -0.2) is 12.7 Å². The summed E-state index contributed by atoms with van der Waals surface area (Å²) in [7, 11) is 0. The summed E-state index contributed by atoms with van der Waals surface area (Å²) in [5, 5.41) is 0.832. The number of nitrogen functional groups attached to an aromatic ring is 2. The lowest BCUT2D eigenvalue weighted by Gasteiger charge is -1.97. The number of nitrogens with zero attached hydrogens (tertiary/aromatic N) is 3. The molecule has 0 aliphatic carbocycles. The second-order valence-corrected chi connectivity index (χ2v) is 3.37. The lowest BCUT2D eigenvalue weighted by Crippen LogP contribution is -2.00. The molecular formula is C6H6IN5. The van der Waals surface area contributed by atoms with Crippen molar-refractivity contribution in [2.75, 3.05) is 11.5 Å². The van der Waals surface area contributed by atoms with Gasteiger partial charge in [0.25, 0.3) is 0 Å². The summed E-state index contributed by atoms with van der Waals surface area (Å²) in [6, 6.07) is 1.86. The third kappa shape index (κ3) is 0.986. The molecule has 2 heterocycles. The Hall–Kier alpha value is -1.05. The first kappa shape index (κ1) is 7.59. The lowest BCUT2D eigenvalue weighted by molar-refractivity contribution is 1.21. The minimum atomic E-state index is 0.205. The van der Waals surface area contributed by atoms with Crippen LogP contribution in [-0.2, 0) is 0 Å². The molecule has 0 fully saturated rings. The highest BCUT2D eigenvalue weighted by Gasteiger charge is 2.05. The van der Waals surface area contributed by atoms with Gasteiger partial charge in [-0.1, -0.05) is 0 Å².